The summed E-state index contributed by atoms with van der Waals surface area (Å²) >= 11 is 0. The van der Waals surface area contributed by atoms with E-state index in [0.717, 1.165) is 16.9 Å². The average molecular weight is 498 g/mol. The van der Waals surface area contributed by atoms with Gasteiger partial charge in [-0.3, -0.25) is 19.1 Å². The number of carbonyl (C=O) groups excluding carboxylic acids is 1. The maximum atomic E-state index is 13.3. The van der Waals surface area contributed by atoms with Crippen molar-refractivity contribution in [2.24, 2.45) is 0 Å². The van der Waals surface area contributed by atoms with Crippen LogP contribution in [-0.4, -0.2) is 64.9 Å². The molecule has 2 aromatic heterocycles. The van der Waals surface area contributed by atoms with Crippen LogP contribution in [-0.2, 0) is 11.3 Å². The van der Waals surface area contributed by atoms with Crippen LogP contribution in [0.5, 0.6) is 0 Å². The Morgan fingerprint density at radius 1 is 1.25 bits per heavy atom. The van der Waals surface area contributed by atoms with Crippen LogP contribution in [0.4, 0.5) is 0 Å². The van der Waals surface area contributed by atoms with Gasteiger partial charge in [0.1, 0.15) is 5.82 Å². The number of para-hydroxylation sites is 2. The number of likely N-dealkylation sites (tertiary alicyclic amines) is 1. The van der Waals surface area contributed by atoms with Crippen molar-refractivity contribution in [3.8, 4) is 0 Å². The van der Waals surface area contributed by atoms with Crippen molar-refractivity contribution in [1.82, 2.24) is 24.0 Å². The van der Waals surface area contributed by atoms with Gasteiger partial charge in [-0.15, -0.1) is 0 Å². The quantitative estimate of drug-likeness (QED) is 0.475. The molecule has 3 N–H and O–H groups in total. The predicted octanol–water partition coefficient (Wildman–Crippen LogP) is 1.68. The lowest BCUT2D eigenvalue weighted by Crippen LogP contribution is -2.47. The Labute approximate surface area is 209 Å². The molecule has 0 bridgehead atoms. The van der Waals surface area contributed by atoms with Crippen LogP contribution in [0.2, 0.25) is 0 Å². The van der Waals surface area contributed by atoms with E-state index in [1.165, 1.54) is 15.7 Å². The molecule has 4 rings (SSSR count). The Hall–Kier alpha value is -3.24. The van der Waals surface area contributed by atoms with Gasteiger partial charge in [-0.2, -0.15) is 0 Å². The second-order valence-electron chi connectivity index (χ2n) is 10.4. The molecule has 1 aromatic carbocycles. The molecule has 1 aliphatic rings. The first-order valence-electron chi connectivity index (χ1n) is 12.4. The number of aliphatic hydroxyl groups is 2. The first-order valence-corrected chi connectivity index (χ1v) is 12.4. The van der Waals surface area contributed by atoms with Crippen LogP contribution in [0.25, 0.3) is 11.0 Å². The number of nitrogens with one attached hydrogen (secondary N) is 1. The zero-order valence-corrected chi connectivity index (χ0v) is 21.3. The van der Waals surface area contributed by atoms with E-state index in [0.29, 0.717) is 18.5 Å². The van der Waals surface area contributed by atoms with Gasteiger partial charge >= 0.3 is 5.69 Å². The van der Waals surface area contributed by atoms with Crippen molar-refractivity contribution in [2.75, 3.05) is 13.1 Å². The number of aromatic nitrogens is 4. The second-order valence-corrected chi connectivity index (χ2v) is 10.4. The molecule has 3 aromatic rings. The summed E-state index contributed by atoms with van der Waals surface area (Å²) in [4.78, 5) is 46.2. The molecular formula is C26H35N5O5. The van der Waals surface area contributed by atoms with Crippen LogP contribution >= 0.6 is 0 Å². The van der Waals surface area contributed by atoms with Crippen molar-refractivity contribution < 1.29 is 15.0 Å². The Bertz CT molecular complexity index is 1370. The van der Waals surface area contributed by atoms with E-state index in [1.807, 2.05) is 24.3 Å². The molecular weight excluding hydrogens is 462 g/mol. The molecule has 36 heavy (non-hydrogen) atoms. The molecule has 194 valence electrons. The minimum Gasteiger partial charge on any atom is -0.391 e. The highest BCUT2D eigenvalue weighted by Gasteiger charge is 2.41. The summed E-state index contributed by atoms with van der Waals surface area (Å²) in [7, 11) is 0. The number of nitrogens with zero attached hydrogens (tertiary/aromatic N) is 4. The molecule has 1 saturated heterocycles. The Morgan fingerprint density at radius 2 is 1.97 bits per heavy atom. The van der Waals surface area contributed by atoms with Gasteiger partial charge in [0.05, 0.1) is 28.8 Å². The first-order chi connectivity index (χ1) is 17.0. The lowest BCUT2D eigenvalue weighted by atomic mass is 9.91. The lowest BCUT2D eigenvalue weighted by molar-refractivity contribution is -0.133. The highest BCUT2D eigenvalue weighted by atomic mass is 16.3. The minimum atomic E-state index is -1.47. The number of benzene rings is 1. The smallest absolute Gasteiger partial charge is 0.328 e. The van der Waals surface area contributed by atoms with Gasteiger partial charge in [0.2, 0.25) is 5.91 Å². The number of aryl methyl sites for hydroxylation is 2. The third-order valence-electron chi connectivity index (χ3n) is 7.00. The molecule has 10 nitrogen and oxygen atoms in total. The first kappa shape index (κ1) is 25.8. The summed E-state index contributed by atoms with van der Waals surface area (Å²) in [5, 5.41) is 21.7. The molecule has 1 aliphatic heterocycles. The van der Waals surface area contributed by atoms with Crippen molar-refractivity contribution in [2.45, 2.75) is 77.2 Å². The SMILES string of the molecule is Cc1cn([C@H]2CN(C(=O)CCCn3c(C(C)C)nc4ccccc43)C[C@H](O)C[C@]2(C)O)c(=O)[nH]c1=O. The fraction of sp³-hybridized carbons (Fsp3) is 0.538. The normalized spacial score (nSPS) is 22.8. The van der Waals surface area contributed by atoms with Crippen molar-refractivity contribution in [1.29, 1.82) is 0 Å². The molecule has 0 spiro atoms. The van der Waals surface area contributed by atoms with Crippen molar-refractivity contribution >= 4 is 16.9 Å². The number of β-amino-alcohol motifs (C(OH)–C–C–N with tert-alkyl or cyclic N) is 1. The topological polar surface area (TPSA) is 133 Å². The molecule has 0 aliphatic carbocycles. The third-order valence-corrected chi connectivity index (χ3v) is 7.00. The standard InChI is InChI=1S/C26H35N5O5/c1-16(2)23-27-19-8-5-6-9-20(19)30(23)11-7-10-22(33)29-14-18(32)12-26(4,36)21(15-29)31-13-17(3)24(34)28-25(31)35/h5-6,8-9,13,16,18,21,32,36H,7,10-12,14-15H2,1-4H3,(H,28,34,35)/t18-,21+,26+/m1/s1. The zero-order valence-electron chi connectivity index (χ0n) is 21.3. The number of aliphatic hydroxyl groups excluding tert-OH is 1. The van der Waals surface area contributed by atoms with E-state index < -0.39 is 29.0 Å². The van der Waals surface area contributed by atoms with E-state index in [-0.39, 0.29) is 37.8 Å². The monoisotopic (exact) mass is 497 g/mol. The van der Waals surface area contributed by atoms with E-state index >= 15 is 0 Å². The Morgan fingerprint density at radius 3 is 2.69 bits per heavy atom. The highest BCUT2D eigenvalue weighted by molar-refractivity contribution is 5.77. The van der Waals surface area contributed by atoms with Gasteiger partial charge in [-0.1, -0.05) is 26.0 Å². The number of amides is 1. The lowest BCUT2D eigenvalue weighted by Gasteiger charge is -2.34. The third kappa shape index (κ3) is 5.15. The van der Waals surface area contributed by atoms with Crippen LogP contribution in [0.1, 0.15) is 63.4 Å². The van der Waals surface area contributed by atoms with Crippen LogP contribution < -0.4 is 11.2 Å². The van der Waals surface area contributed by atoms with Gasteiger partial charge < -0.3 is 19.7 Å². The molecule has 0 unspecified atom stereocenters. The zero-order chi connectivity index (χ0) is 26.2. The molecule has 3 atom stereocenters. The minimum absolute atomic E-state index is 0.00909. The largest absolute Gasteiger partial charge is 0.391 e. The van der Waals surface area contributed by atoms with Crippen LogP contribution in [0, 0.1) is 6.92 Å². The van der Waals surface area contributed by atoms with E-state index in [1.54, 1.807) is 13.8 Å². The number of imidazole rings is 1. The number of H-pyrrole nitrogens is 1. The van der Waals surface area contributed by atoms with E-state index in [4.69, 9.17) is 4.98 Å². The fourth-order valence-corrected chi connectivity index (χ4v) is 5.14. The summed E-state index contributed by atoms with van der Waals surface area (Å²) in [5.41, 5.74) is -0.345. The number of rotatable bonds is 6. The number of fused-ring (bicyclic) bond motifs is 1. The molecule has 1 amide bonds. The van der Waals surface area contributed by atoms with E-state index in [9.17, 15) is 24.6 Å². The Balaban J connectivity index is 1.53. The second kappa shape index (κ2) is 10.0. The molecule has 3 heterocycles. The van der Waals surface area contributed by atoms with Gasteiger partial charge in [0.25, 0.3) is 5.56 Å². The molecule has 0 saturated carbocycles. The van der Waals surface area contributed by atoms with Crippen LogP contribution in [0.3, 0.4) is 0 Å². The number of carbonyl (C=O) groups is 1. The van der Waals surface area contributed by atoms with Gasteiger partial charge in [-0.25, -0.2) is 9.78 Å². The summed E-state index contributed by atoms with van der Waals surface area (Å²) in [6.45, 7) is 8.02. The summed E-state index contributed by atoms with van der Waals surface area (Å²) in [5.74, 6) is 1.04. The Kier molecular flexibility index (Phi) is 7.19. The number of aromatic amines is 1. The summed E-state index contributed by atoms with van der Waals surface area (Å²) < 4.78 is 3.42. The average Bonchev–Trinajstić information content (AvgIpc) is 3.12. The van der Waals surface area contributed by atoms with Crippen molar-refractivity contribution in [3.05, 3.63) is 62.7 Å². The van der Waals surface area contributed by atoms with Crippen LogP contribution in [0.15, 0.2) is 40.1 Å². The molecule has 10 heteroatoms. The van der Waals surface area contributed by atoms with Crippen molar-refractivity contribution in [3.63, 3.8) is 0 Å². The maximum Gasteiger partial charge on any atom is 0.328 e. The predicted molar refractivity (Wildman–Crippen MR) is 136 cm³/mol. The highest BCUT2D eigenvalue weighted by Crippen LogP contribution is 2.31. The number of hydrogen-bond acceptors (Lipinski definition) is 6. The molecule has 1 fully saturated rings. The summed E-state index contributed by atoms with van der Waals surface area (Å²) in [6.07, 6.45) is 1.26. The molecule has 0 radical (unpaired) electrons. The maximum absolute atomic E-state index is 13.3. The fourth-order valence-electron chi connectivity index (χ4n) is 5.14. The number of hydrogen-bond donors (Lipinski definition) is 3. The van der Waals surface area contributed by atoms with Gasteiger partial charge in [-0.05, 0) is 32.4 Å². The summed E-state index contributed by atoms with van der Waals surface area (Å²) in [6, 6.07) is 7.11. The van der Waals surface area contributed by atoms with E-state index in [2.05, 4.69) is 23.4 Å². The van der Waals surface area contributed by atoms with Gasteiger partial charge in [0.15, 0.2) is 0 Å². The van der Waals surface area contributed by atoms with Gasteiger partial charge in [0, 0.05) is 50.2 Å².